The molecule has 0 saturated heterocycles. The molecule has 0 radical (unpaired) electrons. The van der Waals surface area contributed by atoms with E-state index in [2.05, 4.69) is 0 Å². The molecule has 3 N–H and O–H groups in total. The normalized spacial score (nSPS) is 26.4. The van der Waals surface area contributed by atoms with Crippen molar-refractivity contribution >= 4 is 11.9 Å². The summed E-state index contributed by atoms with van der Waals surface area (Å²) in [5.41, 5.74) is 5.36. The van der Waals surface area contributed by atoms with Gasteiger partial charge in [-0.2, -0.15) is 0 Å². The predicted molar refractivity (Wildman–Crippen MR) is 66.9 cm³/mol. The number of carboxylic acids is 1. The van der Waals surface area contributed by atoms with Crippen LogP contribution in [0, 0.1) is 11.8 Å². The summed E-state index contributed by atoms with van der Waals surface area (Å²) < 4.78 is 5.25. The smallest absolute Gasteiger partial charge is 0.323 e. The molecule has 0 bridgehead atoms. The van der Waals surface area contributed by atoms with Crippen molar-refractivity contribution in [1.82, 2.24) is 0 Å². The van der Waals surface area contributed by atoms with Crippen LogP contribution in [-0.2, 0) is 14.3 Å². The van der Waals surface area contributed by atoms with Crippen LogP contribution in [0.4, 0.5) is 0 Å². The second-order valence-corrected chi connectivity index (χ2v) is 6.01. The Kier molecular flexibility index (Phi) is 4.73. The zero-order valence-electron chi connectivity index (χ0n) is 11.3. The lowest BCUT2D eigenvalue weighted by atomic mass is 9.79. The monoisotopic (exact) mass is 257 g/mol. The number of nitrogens with two attached hydrogens (primary N) is 1. The molecule has 0 aromatic rings. The minimum absolute atomic E-state index is 0.0375. The first kappa shape index (κ1) is 15.0. The molecule has 18 heavy (non-hydrogen) atoms. The Balaban J connectivity index is 2.47. The fraction of sp³-hybridized carbons (Fsp3) is 0.846. The van der Waals surface area contributed by atoms with Crippen LogP contribution >= 0.6 is 0 Å². The molecule has 0 amide bonds. The van der Waals surface area contributed by atoms with Crippen molar-refractivity contribution in [2.45, 2.75) is 58.1 Å². The number of hydrogen-bond acceptors (Lipinski definition) is 4. The Bertz CT molecular complexity index is 313. The standard InChI is InChI=1S/C13H23NO4/c1-13(2,3)18-12(17)10(14)8-4-6-9(7-5-8)11(15)16/h8-10H,4-7,14H2,1-3H3,(H,15,16). The van der Waals surface area contributed by atoms with Crippen molar-refractivity contribution in [2.75, 3.05) is 0 Å². The van der Waals surface area contributed by atoms with E-state index in [-0.39, 0.29) is 17.8 Å². The molecule has 104 valence electrons. The van der Waals surface area contributed by atoms with E-state index in [0.717, 1.165) is 0 Å². The molecule has 0 heterocycles. The molecular formula is C13H23NO4. The fourth-order valence-corrected chi connectivity index (χ4v) is 2.29. The van der Waals surface area contributed by atoms with E-state index < -0.39 is 17.6 Å². The molecule has 0 spiro atoms. The summed E-state index contributed by atoms with van der Waals surface area (Å²) in [5.74, 6) is -1.39. The van der Waals surface area contributed by atoms with Gasteiger partial charge in [0.25, 0.3) is 0 Å². The molecule has 1 aliphatic rings. The summed E-state index contributed by atoms with van der Waals surface area (Å²) in [6, 6.07) is -0.640. The third-order valence-corrected chi connectivity index (χ3v) is 3.31. The van der Waals surface area contributed by atoms with Crippen molar-refractivity contribution < 1.29 is 19.4 Å². The van der Waals surface area contributed by atoms with Crippen molar-refractivity contribution in [1.29, 1.82) is 0 Å². The van der Waals surface area contributed by atoms with Gasteiger partial charge in [0.15, 0.2) is 0 Å². The quantitative estimate of drug-likeness (QED) is 0.749. The van der Waals surface area contributed by atoms with Crippen LogP contribution in [0.15, 0.2) is 0 Å². The third kappa shape index (κ3) is 4.29. The highest BCUT2D eigenvalue weighted by atomic mass is 16.6. The number of esters is 1. The molecule has 1 unspecified atom stereocenters. The summed E-state index contributed by atoms with van der Waals surface area (Å²) >= 11 is 0. The largest absolute Gasteiger partial charge is 0.481 e. The van der Waals surface area contributed by atoms with E-state index in [1.165, 1.54) is 0 Å². The number of ether oxygens (including phenoxy) is 1. The summed E-state index contributed by atoms with van der Waals surface area (Å²) in [7, 11) is 0. The lowest BCUT2D eigenvalue weighted by Gasteiger charge is -2.31. The fourth-order valence-electron chi connectivity index (χ4n) is 2.29. The van der Waals surface area contributed by atoms with Crippen LogP contribution in [-0.4, -0.2) is 28.7 Å². The van der Waals surface area contributed by atoms with E-state index in [1.807, 2.05) is 0 Å². The lowest BCUT2D eigenvalue weighted by molar-refractivity contribution is -0.158. The topological polar surface area (TPSA) is 89.6 Å². The highest BCUT2D eigenvalue weighted by Gasteiger charge is 2.34. The zero-order valence-corrected chi connectivity index (χ0v) is 11.3. The predicted octanol–water partition coefficient (Wildman–Crippen LogP) is 1.55. The van der Waals surface area contributed by atoms with Crippen LogP contribution in [0.1, 0.15) is 46.5 Å². The van der Waals surface area contributed by atoms with Gasteiger partial charge in [0.05, 0.1) is 5.92 Å². The Labute approximate surface area is 108 Å². The van der Waals surface area contributed by atoms with Gasteiger partial charge in [-0.15, -0.1) is 0 Å². The first-order valence-corrected chi connectivity index (χ1v) is 6.42. The first-order valence-electron chi connectivity index (χ1n) is 6.42. The van der Waals surface area contributed by atoms with Gasteiger partial charge in [-0.05, 0) is 52.4 Å². The molecule has 0 aromatic carbocycles. The second-order valence-electron chi connectivity index (χ2n) is 6.01. The summed E-state index contributed by atoms with van der Waals surface area (Å²) in [5, 5.41) is 8.90. The maximum Gasteiger partial charge on any atom is 0.323 e. The summed E-state index contributed by atoms with van der Waals surface area (Å²) in [6.07, 6.45) is 2.54. The molecular weight excluding hydrogens is 234 g/mol. The van der Waals surface area contributed by atoms with Crippen LogP contribution in [0.3, 0.4) is 0 Å². The van der Waals surface area contributed by atoms with Gasteiger partial charge in [0, 0.05) is 0 Å². The van der Waals surface area contributed by atoms with E-state index in [9.17, 15) is 9.59 Å². The van der Waals surface area contributed by atoms with Crippen molar-refractivity contribution in [2.24, 2.45) is 17.6 Å². The van der Waals surface area contributed by atoms with Crippen LogP contribution < -0.4 is 5.73 Å². The van der Waals surface area contributed by atoms with Gasteiger partial charge in [-0.25, -0.2) is 0 Å². The van der Waals surface area contributed by atoms with Gasteiger partial charge in [-0.3, -0.25) is 9.59 Å². The van der Waals surface area contributed by atoms with Gasteiger partial charge in [0.2, 0.25) is 0 Å². The maximum absolute atomic E-state index is 11.8. The average molecular weight is 257 g/mol. The Morgan fingerprint density at radius 2 is 1.72 bits per heavy atom. The number of carbonyl (C=O) groups excluding carboxylic acids is 1. The van der Waals surface area contributed by atoms with Gasteiger partial charge in [0.1, 0.15) is 11.6 Å². The maximum atomic E-state index is 11.8. The molecule has 5 nitrogen and oxygen atoms in total. The van der Waals surface area contributed by atoms with Crippen LogP contribution in [0.25, 0.3) is 0 Å². The first-order chi connectivity index (χ1) is 8.20. The molecule has 1 fully saturated rings. The van der Waals surface area contributed by atoms with Crippen LogP contribution in [0.2, 0.25) is 0 Å². The van der Waals surface area contributed by atoms with Crippen molar-refractivity contribution in [3.8, 4) is 0 Å². The molecule has 1 saturated carbocycles. The van der Waals surface area contributed by atoms with Crippen molar-refractivity contribution in [3.05, 3.63) is 0 Å². The highest BCUT2D eigenvalue weighted by Crippen LogP contribution is 2.31. The number of aliphatic carboxylic acids is 1. The Hall–Kier alpha value is -1.10. The summed E-state index contributed by atoms with van der Waals surface area (Å²) in [6.45, 7) is 5.41. The Morgan fingerprint density at radius 3 is 2.11 bits per heavy atom. The molecule has 0 aromatic heterocycles. The second kappa shape index (κ2) is 5.69. The number of carbonyl (C=O) groups is 2. The number of hydrogen-bond donors (Lipinski definition) is 2. The van der Waals surface area contributed by atoms with Gasteiger partial charge in [-0.1, -0.05) is 0 Å². The molecule has 0 aliphatic heterocycles. The number of rotatable bonds is 3. The van der Waals surface area contributed by atoms with E-state index in [0.29, 0.717) is 25.7 Å². The highest BCUT2D eigenvalue weighted by molar-refractivity contribution is 5.76. The van der Waals surface area contributed by atoms with Gasteiger partial charge < -0.3 is 15.6 Å². The molecule has 1 aliphatic carbocycles. The molecule has 5 heteroatoms. The van der Waals surface area contributed by atoms with Crippen molar-refractivity contribution in [3.63, 3.8) is 0 Å². The molecule has 1 atom stereocenters. The summed E-state index contributed by atoms with van der Waals surface area (Å²) in [4.78, 5) is 22.6. The van der Waals surface area contributed by atoms with E-state index >= 15 is 0 Å². The molecule has 1 rings (SSSR count). The average Bonchev–Trinajstić information content (AvgIpc) is 2.26. The van der Waals surface area contributed by atoms with Crippen LogP contribution in [0.5, 0.6) is 0 Å². The lowest BCUT2D eigenvalue weighted by Crippen LogP contribution is -2.44. The van der Waals surface area contributed by atoms with E-state index in [1.54, 1.807) is 20.8 Å². The number of carboxylic acid groups (broad SMARTS) is 1. The minimum atomic E-state index is -0.751. The SMILES string of the molecule is CC(C)(C)OC(=O)C(N)C1CCC(C(=O)O)CC1. The van der Waals surface area contributed by atoms with E-state index in [4.69, 9.17) is 15.6 Å². The third-order valence-electron chi connectivity index (χ3n) is 3.31. The van der Waals surface area contributed by atoms with Gasteiger partial charge >= 0.3 is 11.9 Å². The minimum Gasteiger partial charge on any atom is -0.481 e. The zero-order chi connectivity index (χ0) is 13.9. The Morgan fingerprint density at radius 1 is 1.22 bits per heavy atom.